The Kier molecular flexibility index (Phi) is 4.92. The zero-order valence-corrected chi connectivity index (χ0v) is 17.7. The number of methoxy groups -OCH3 is 1. The monoisotopic (exact) mass is 427 g/mol. The van der Waals surface area contributed by atoms with Crippen LogP contribution in [0.5, 0.6) is 5.75 Å². The van der Waals surface area contributed by atoms with E-state index in [9.17, 15) is 0 Å². The molecule has 160 valence electrons. The molecule has 0 saturated carbocycles. The maximum atomic E-state index is 15.0. The van der Waals surface area contributed by atoms with E-state index >= 15 is 4.39 Å². The van der Waals surface area contributed by atoms with Gasteiger partial charge in [0.1, 0.15) is 6.17 Å². The fourth-order valence-corrected chi connectivity index (χ4v) is 4.57. The Hall–Kier alpha value is -3.68. The number of halogens is 1. The van der Waals surface area contributed by atoms with Gasteiger partial charge in [-0.3, -0.25) is 20.3 Å². The molecule has 0 bridgehead atoms. The largest absolute Gasteiger partial charge is 0.493 e. The molecule has 0 aliphatic carbocycles. The van der Waals surface area contributed by atoms with Gasteiger partial charge in [-0.25, -0.2) is 4.39 Å². The Bertz CT molecular complexity index is 1270. The van der Waals surface area contributed by atoms with Crippen LogP contribution in [-0.4, -0.2) is 22.1 Å². The minimum atomic E-state index is -0.904. The molecule has 1 aliphatic rings. The van der Waals surface area contributed by atoms with Crippen LogP contribution in [0.25, 0.3) is 11.3 Å². The van der Waals surface area contributed by atoms with Crippen LogP contribution in [0.4, 0.5) is 4.39 Å². The summed E-state index contributed by atoms with van der Waals surface area (Å²) < 4.78 is 20.3. The summed E-state index contributed by atoms with van der Waals surface area (Å²) in [5.41, 5.74) is 11.1. The lowest BCUT2D eigenvalue weighted by Gasteiger charge is -2.33. The Balaban J connectivity index is 1.79. The molecule has 0 amide bonds. The highest BCUT2D eigenvalue weighted by molar-refractivity contribution is 5.64. The Morgan fingerprint density at radius 1 is 1.03 bits per heavy atom. The van der Waals surface area contributed by atoms with Crippen LogP contribution in [0.3, 0.4) is 0 Å². The maximum Gasteiger partial charge on any atom is 0.165 e. The second kappa shape index (κ2) is 7.78. The molecule has 2 unspecified atom stereocenters. The van der Waals surface area contributed by atoms with Gasteiger partial charge in [0, 0.05) is 29.7 Å². The summed E-state index contributed by atoms with van der Waals surface area (Å²) >= 11 is 0. The molecular formula is C25H22FN5O. The maximum absolute atomic E-state index is 15.0. The Labute approximate surface area is 185 Å². The number of aromatic nitrogens is 3. The Morgan fingerprint density at radius 2 is 1.91 bits per heavy atom. The van der Waals surface area contributed by atoms with Crippen LogP contribution in [0.15, 0.2) is 73.3 Å². The van der Waals surface area contributed by atoms with E-state index in [0.717, 1.165) is 28.1 Å². The highest BCUT2D eigenvalue weighted by Crippen LogP contribution is 2.46. The van der Waals surface area contributed by atoms with Crippen molar-refractivity contribution in [3.05, 3.63) is 107 Å². The van der Waals surface area contributed by atoms with Crippen LogP contribution < -0.4 is 15.8 Å². The van der Waals surface area contributed by atoms with Crippen molar-refractivity contribution < 1.29 is 9.13 Å². The molecular weight excluding hydrogens is 405 g/mol. The number of benzene rings is 2. The summed E-state index contributed by atoms with van der Waals surface area (Å²) in [5, 5.41) is 3.51. The van der Waals surface area contributed by atoms with Crippen LogP contribution in [0.2, 0.25) is 0 Å². The van der Waals surface area contributed by atoms with Gasteiger partial charge < -0.3 is 10.5 Å². The topological polar surface area (TPSA) is 86.0 Å². The molecule has 2 atom stereocenters. The van der Waals surface area contributed by atoms with Crippen LogP contribution in [-0.2, 0) is 5.54 Å². The SMILES string of the molecule is COc1c(C)cc(C2(c3cccc(-c4cnccn4)c3)NC(N)c3ncccc32)cc1F. The second-order valence-corrected chi connectivity index (χ2v) is 7.79. The van der Waals surface area contributed by atoms with Gasteiger partial charge in [-0.2, -0.15) is 0 Å². The lowest BCUT2D eigenvalue weighted by molar-refractivity contribution is 0.380. The summed E-state index contributed by atoms with van der Waals surface area (Å²) in [5.74, 6) is -0.203. The third-order valence-electron chi connectivity index (χ3n) is 5.93. The van der Waals surface area contributed by atoms with Gasteiger partial charge in [-0.1, -0.05) is 24.3 Å². The molecule has 6 nitrogen and oxygen atoms in total. The van der Waals surface area contributed by atoms with Crippen LogP contribution in [0.1, 0.15) is 34.1 Å². The number of nitrogens with two attached hydrogens (primary N) is 1. The van der Waals surface area contributed by atoms with Gasteiger partial charge in [0.05, 0.1) is 30.2 Å². The zero-order chi connectivity index (χ0) is 22.3. The average Bonchev–Trinajstić information content (AvgIpc) is 3.13. The molecule has 2 aromatic heterocycles. The number of nitrogens with one attached hydrogen (secondary N) is 1. The first-order valence-electron chi connectivity index (χ1n) is 10.2. The fraction of sp³-hybridized carbons (Fsp3) is 0.160. The average molecular weight is 427 g/mol. The molecule has 3 heterocycles. The van der Waals surface area contributed by atoms with Crippen LogP contribution >= 0.6 is 0 Å². The van der Waals surface area contributed by atoms with Gasteiger partial charge in [0.15, 0.2) is 11.6 Å². The number of pyridine rings is 1. The van der Waals surface area contributed by atoms with E-state index < -0.39 is 17.5 Å². The normalized spacial score (nSPS) is 19.6. The van der Waals surface area contributed by atoms with Crippen molar-refractivity contribution in [3.8, 4) is 17.0 Å². The smallest absolute Gasteiger partial charge is 0.165 e. The number of rotatable bonds is 4. The molecule has 7 heteroatoms. The molecule has 2 aromatic carbocycles. The number of fused-ring (bicyclic) bond motifs is 1. The molecule has 0 saturated heterocycles. The summed E-state index contributed by atoms with van der Waals surface area (Å²) in [6.07, 6.45) is 6.20. The second-order valence-electron chi connectivity index (χ2n) is 7.79. The molecule has 32 heavy (non-hydrogen) atoms. The van der Waals surface area contributed by atoms with Crippen molar-refractivity contribution in [1.82, 2.24) is 20.3 Å². The molecule has 4 aromatic rings. The first kappa shape index (κ1) is 20.2. The Morgan fingerprint density at radius 3 is 2.66 bits per heavy atom. The molecule has 0 spiro atoms. The fourth-order valence-electron chi connectivity index (χ4n) is 4.57. The van der Waals surface area contributed by atoms with E-state index in [1.54, 1.807) is 24.8 Å². The number of nitrogens with zero attached hydrogens (tertiary/aromatic N) is 3. The number of hydrogen-bond donors (Lipinski definition) is 2. The summed E-state index contributed by atoms with van der Waals surface area (Å²) in [7, 11) is 1.47. The van der Waals surface area contributed by atoms with E-state index in [4.69, 9.17) is 10.5 Å². The standard InChI is InChI=1S/C25H22FN5O/c1-15-11-18(13-20(26)23(15)32-2)25(19-7-4-8-30-22(19)24(27)31-25)17-6-3-5-16(12-17)21-14-28-9-10-29-21/h3-14,24,31H,27H2,1-2H3. The van der Waals surface area contributed by atoms with E-state index in [1.165, 1.54) is 13.2 Å². The van der Waals surface area contributed by atoms with Gasteiger partial charge in [0.25, 0.3) is 0 Å². The number of aryl methyl sites for hydroxylation is 1. The van der Waals surface area contributed by atoms with E-state index in [1.807, 2.05) is 49.4 Å². The zero-order valence-electron chi connectivity index (χ0n) is 17.7. The number of ether oxygens (including phenoxy) is 1. The summed E-state index contributed by atoms with van der Waals surface area (Å²) in [4.78, 5) is 13.1. The highest BCUT2D eigenvalue weighted by Gasteiger charge is 2.46. The third-order valence-corrected chi connectivity index (χ3v) is 5.93. The summed E-state index contributed by atoms with van der Waals surface area (Å²) in [6, 6.07) is 15.2. The predicted molar refractivity (Wildman–Crippen MR) is 119 cm³/mol. The van der Waals surface area contributed by atoms with Crippen molar-refractivity contribution >= 4 is 0 Å². The predicted octanol–water partition coefficient (Wildman–Crippen LogP) is 3.85. The van der Waals surface area contributed by atoms with Gasteiger partial charge >= 0.3 is 0 Å². The van der Waals surface area contributed by atoms with Crippen molar-refractivity contribution in [2.45, 2.75) is 18.6 Å². The van der Waals surface area contributed by atoms with E-state index in [2.05, 4.69) is 20.3 Å². The lowest BCUT2D eigenvalue weighted by Crippen LogP contribution is -2.42. The minimum absolute atomic E-state index is 0.228. The van der Waals surface area contributed by atoms with Gasteiger partial charge in [0.2, 0.25) is 0 Å². The minimum Gasteiger partial charge on any atom is -0.493 e. The van der Waals surface area contributed by atoms with Gasteiger partial charge in [-0.05, 0) is 47.9 Å². The van der Waals surface area contributed by atoms with Crippen molar-refractivity contribution in [2.75, 3.05) is 7.11 Å². The number of hydrogen-bond acceptors (Lipinski definition) is 6. The van der Waals surface area contributed by atoms with Crippen molar-refractivity contribution in [1.29, 1.82) is 0 Å². The quantitative estimate of drug-likeness (QED) is 0.515. The van der Waals surface area contributed by atoms with E-state index in [-0.39, 0.29) is 5.75 Å². The van der Waals surface area contributed by atoms with Gasteiger partial charge in [-0.15, -0.1) is 0 Å². The van der Waals surface area contributed by atoms with Crippen molar-refractivity contribution in [2.24, 2.45) is 5.73 Å². The van der Waals surface area contributed by atoms with Crippen molar-refractivity contribution in [3.63, 3.8) is 0 Å². The molecule has 3 N–H and O–H groups in total. The molecule has 5 rings (SSSR count). The third kappa shape index (κ3) is 3.05. The lowest BCUT2D eigenvalue weighted by atomic mass is 9.77. The first-order valence-corrected chi connectivity index (χ1v) is 10.2. The van der Waals surface area contributed by atoms with E-state index in [0.29, 0.717) is 11.1 Å². The molecule has 0 radical (unpaired) electrons. The highest BCUT2D eigenvalue weighted by atomic mass is 19.1. The molecule has 0 fully saturated rings. The van der Waals surface area contributed by atoms with Crippen LogP contribution in [0, 0.1) is 12.7 Å². The summed E-state index contributed by atoms with van der Waals surface area (Å²) in [6.45, 7) is 1.83. The first-order chi connectivity index (χ1) is 15.5. The molecule has 1 aliphatic heterocycles.